The number of benzene rings is 1. The topological polar surface area (TPSA) is 27.1 Å². The molecule has 1 aromatic carbocycles. The number of para-hydroxylation sites is 2. The number of imidazole rings is 1. The second-order valence-corrected chi connectivity index (χ2v) is 3.53. The predicted molar refractivity (Wildman–Crippen MR) is 58.2 cm³/mol. The molecule has 1 radical (unpaired) electrons. The molecule has 0 unspecified atom stereocenters. The van der Waals surface area contributed by atoms with E-state index in [1.165, 1.54) is 0 Å². The van der Waals surface area contributed by atoms with Crippen molar-refractivity contribution in [2.24, 2.45) is 0 Å². The number of hydrogen-bond donors (Lipinski definition) is 0. The van der Waals surface area contributed by atoms with Crippen molar-refractivity contribution in [1.82, 2.24) is 9.55 Å². The van der Waals surface area contributed by atoms with Crippen molar-refractivity contribution in [3.63, 3.8) is 0 Å². The van der Waals surface area contributed by atoms with Gasteiger partial charge in [0, 0.05) is 12.4 Å². The molecule has 0 aliphatic rings. The Morgan fingerprint density at radius 3 is 2.80 bits per heavy atom. The highest BCUT2D eigenvalue weighted by molar-refractivity contribution is 5.46. The van der Waals surface area contributed by atoms with Crippen LogP contribution < -0.4 is 4.74 Å². The molecule has 0 atom stereocenters. The fraction of sp³-hybridized carbons (Fsp3) is 0.250. The minimum absolute atomic E-state index is 0.162. The lowest BCUT2D eigenvalue weighted by Gasteiger charge is -2.13. The molecule has 77 valence electrons. The molecule has 2 aromatic rings. The van der Waals surface area contributed by atoms with E-state index in [0.29, 0.717) is 0 Å². The maximum atomic E-state index is 5.70. The largest absolute Gasteiger partial charge is 0.489 e. The monoisotopic (exact) mass is 201 g/mol. The first kappa shape index (κ1) is 9.77. The fourth-order valence-corrected chi connectivity index (χ4v) is 1.37. The summed E-state index contributed by atoms with van der Waals surface area (Å²) in [7, 11) is 0. The zero-order valence-corrected chi connectivity index (χ0v) is 8.84. The third-order valence-electron chi connectivity index (χ3n) is 1.94. The Kier molecular flexibility index (Phi) is 2.72. The van der Waals surface area contributed by atoms with Crippen LogP contribution in [-0.2, 0) is 0 Å². The summed E-state index contributed by atoms with van der Waals surface area (Å²) < 4.78 is 7.52. The van der Waals surface area contributed by atoms with Crippen LogP contribution in [0.1, 0.15) is 13.8 Å². The van der Waals surface area contributed by atoms with E-state index in [2.05, 4.69) is 11.3 Å². The van der Waals surface area contributed by atoms with E-state index in [1.54, 1.807) is 6.20 Å². The Bertz CT molecular complexity index is 421. The van der Waals surface area contributed by atoms with Gasteiger partial charge in [0.25, 0.3) is 0 Å². The summed E-state index contributed by atoms with van der Waals surface area (Å²) in [5, 5.41) is 0. The Balaban J connectivity index is 2.38. The Hall–Kier alpha value is -1.77. The van der Waals surface area contributed by atoms with E-state index in [4.69, 9.17) is 4.74 Å². The molecule has 3 heteroatoms. The van der Waals surface area contributed by atoms with Gasteiger partial charge in [0.05, 0.1) is 11.8 Å². The number of rotatable bonds is 3. The van der Waals surface area contributed by atoms with Crippen molar-refractivity contribution < 1.29 is 4.74 Å². The van der Waals surface area contributed by atoms with Crippen LogP contribution in [-0.4, -0.2) is 15.7 Å². The molecule has 3 nitrogen and oxygen atoms in total. The lowest BCUT2D eigenvalue weighted by molar-refractivity contribution is 0.242. The van der Waals surface area contributed by atoms with Crippen molar-refractivity contribution in [1.29, 1.82) is 0 Å². The molecule has 0 aliphatic heterocycles. The molecule has 0 aliphatic carbocycles. The molecule has 0 spiro atoms. The summed E-state index contributed by atoms with van der Waals surface area (Å²) >= 11 is 0. The summed E-state index contributed by atoms with van der Waals surface area (Å²) in [6.45, 7) is 4.02. The SMILES string of the molecule is CC(C)Oc1ccccc1-n1[c]ncc1. The molecular formula is C12H13N2O. The molecule has 15 heavy (non-hydrogen) atoms. The van der Waals surface area contributed by atoms with Gasteiger partial charge >= 0.3 is 0 Å². The highest BCUT2D eigenvalue weighted by Crippen LogP contribution is 2.22. The fourth-order valence-electron chi connectivity index (χ4n) is 1.37. The van der Waals surface area contributed by atoms with E-state index in [-0.39, 0.29) is 6.10 Å². The standard InChI is InChI=1S/C12H13N2O/c1-10(2)15-12-6-4-3-5-11(12)14-8-7-13-9-14/h3-8,10H,1-2H3. The molecule has 0 fully saturated rings. The van der Waals surface area contributed by atoms with Crippen molar-refractivity contribution in [2.45, 2.75) is 20.0 Å². The van der Waals surface area contributed by atoms with Gasteiger partial charge < -0.3 is 4.74 Å². The average molecular weight is 201 g/mol. The smallest absolute Gasteiger partial charge is 0.181 e. The van der Waals surface area contributed by atoms with Gasteiger partial charge in [0.2, 0.25) is 0 Å². The first-order valence-electron chi connectivity index (χ1n) is 4.94. The van der Waals surface area contributed by atoms with Gasteiger partial charge in [0.1, 0.15) is 5.75 Å². The normalized spacial score (nSPS) is 10.6. The molecule has 0 saturated carbocycles. The molecule has 0 saturated heterocycles. The van der Waals surface area contributed by atoms with Gasteiger partial charge in [-0.3, -0.25) is 4.57 Å². The maximum Gasteiger partial charge on any atom is 0.181 e. The van der Waals surface area contributed by atoms with Crippen molar-refractivity contribution in [3.8, 4) is 11.4 Å². The van der Waals surface area contributed by atoms with Gasteiger partial charge in [-0.15, -0.1) is 0 Å². The van der Waals surface area contributed by atoms with Crippen LogP contribution in [0.3, 0.4) is 0 Å². The van der Waals surface area contributed by atoms with Gasteiger partial charge in [-0.05, 0) is 26.0 Å². The Morgan fingerprint density at radius 1 is 1.33 bits per heavy atom. The molecule has 1 aromatic heterocycles. The molecule has 0 N–H and O–H groups in total. The third kappa shape index (κ3) is 2.18. The summed E-state index contributed by atoms with van der Waals surface area (Å²) in [5.74, 6) is 0.849. The molecule has 2 rings (SSSR count). The van der Waals surface area contributed by atoms with Crippen molar-refractivity contribution in [2.75, 3.05) is 0 Å². The van der Waals surface area contributed by atoms with Crippen LogP contribution in [0.5, 0.6) is 5.75 Å². The maximum absolute atomic E-state index is 5.70. The van der Waals surface area contributed by atoms with Crippen LogP contribution >= 0.6 is 0 Å². The van der Waals surface area contributed by atoms with Crippen LogP contribution in [0.15, 0.2) is 36.7 Å². The number of hydrogen-bond acceptors (Lipinski definition) is 2. The number of ether oxygens (including phenoxy) is 1. The predicted octanol–water partition coefficient (Wildman–Crippen LogP) is 2.46. The van der Waals surface area contributed by atoms with Gasteiger partial charge in [-0.2, -0.15) is 0 Å². The summed E-state index contributed by atoms with van der Waals surface area (Å²) in [4.78, 5) is 3.90. The van der Waals surface area contributed by atoms with E-state index >= 15 is 0 Å². The van der Waals surface area contributed by atoms with E-state index in [1.807, 2.05) is 48.9 Å². The molecule has 1 heterocycles. The van der Waals surface area contributed by atoms with Crippen LogP contribution in [0.4, 0.5) is 0 Å². The highest BCUT2D eigenvalue weighted by atomic mass is 16.5. The lowest BCUT2D eigenvalue weighted by Crippen LogP contribution is -2.07. The second kappa shape index (κ2) is 4.17. The first-order valence-corrected chi connectivity index (χ1v) is 4.94. The highest BCUT2D eigenvalue weighted by Gasteiger charge is 2.05. The average Bonchev–Trinajstić information content (AvgIpc) is 2.70. The van der Waals surface area contributed by atoms with Gasteiger partial charge in [0.15, 0.2) is 6.33 Å². The lowest BCUT2D eigenvalue weighted by atomic mass is 10.3. The minimum atomic E-state index is 0.162. The van der Waals surface area contributed by atoms with Gasteiger partial charge in [-0.25, -0.2) is 4.98 Å². The Labute approximate surface area is 89.3 Å². The number of aromatic nitrogens is 2. The van der Waals surface area contributed by atoms with Crippen LogP contribution in [0, 0.1) is 6.33 Å². The molecular weight excluding hydrogens is 188 g/mol. The van der Waals surface area contributed by atoms with Crippen LogP contribution in [0.25, 0.3) is 5.69 Å². The third-order valence-corrected chi connectivity index (χ3v) is 1.94. The van der Waals surface area contributed by atoms with E-state index in [0.717, 1.165) is 11.4 Å². The van der Waals surface area contributed by atoms with E-state index < -0.39 is 0 Å². The van der Waals surface area contributed by atoms with Crippen molar-refractivity contribution in [3.05, 3.63) is 43.0 Å². The molecule has 0 amide bonds. The number of nitrogens with zero attached hydrogens (tertiary/aromatic N) is 2. The Morgan fingerprint density at radius 2 is 2.13 bits per heavy atom. The summed E-state index contributed by atoms with van der Waals surface area (Å²) in [6.07, 6.45) is 6.57. The van der Waals surface area contributed by atoms with Crippen LogP contribution in [0.2, 0.25) is 0 Å². The summed E-state index contributed by atoms with van der Waals surface area (Å²) in [6, 6.07) is 7.85. The molecule has 0 bridgehead atoms. The second-order valence-electron chi connectivity index (χ2n) is 3.53. The van der Waals surface area contributed by atoms with Gasteiger partial charge in [-0.1, -0.05) is 12.1 Å². The van der Waals surface area contributed by atoms with E-state index in [9.17, 15) is 0 Å². The first-order chi connectivity index (χ1) is 7.27. The minimum Gasteiger partial charge on any atom is -0.489 e. The zero-order valence-electron chi connectivity index (χ0n) is 8.84. The summed E-state index contributed by atoms with van der Waals surface area (Å²) in [5.41, 5.74) is 0.962. The quantitative estimate of drug-likeness (QED) is 0.762. The van der Waals surface area contributed by atoms with Crippen molar-refractivity contribution >= 4 is 0 Å². The zero-order chi connectivity index (χ0) is 10.7.